The van der Waals surface area contributed by atoms with Crippen LogP contribution in [0.15, 0.2) is 40.9 Å². The highest BCUT2D eigenvalue weighted by Crippen LogP contribution is 2.43. The summed E-state index contributed by atoms with van der Waals surface area (Å²) in [5.74, 6) is 1.52. The molecule has 3 aromatic rings. The Bertz CT molecular complexity index is 1430. The van der Waals surface area contributed by atoms with Gasteiger partial charge in [-0.25, -0.2) is 14.2 Å². The van der Waals surface area contributed by atoms with E-state index < -0.39 is 9.73 Å². The second-order valence-corrected chi connectivity index (χ2v) is 11.5. The number of pyridine rings is 1. The maximum Gasteiger partial charge on any atom is 0.229 e. The summed E-state index contributed by atoms with van der Waals surface area (Å²) in [5, 5.41) is 15.9. The van der Waals surface area contributed by atoms with E-state index in [1.807, 2.05) is 0 Å². The molecule has 2 N–H and O–H groups in total. The highest BCUT2D eigenvalue weighted by molar-refractivity contribution is 7.92. The van der Waals surface area contributed by atoms with Crippen LogP contribution in [0.3, 0.4) is 0 Å². The zero-order chi connectivity index (χ0) is 23.9. The first-order valence-electron chi connectivity index (χ1n) is 11.1. The van der Waals surface area contributed by atoms with Crippen molar-refractivity contribution in [3.8, 4) is 6.07 Å². The quantitative estimate of drug-likeness (QED) is 0.558. The molecule has 174 valence electrons. The van der Waals surface area contributed by atoms with E-state index in [4.69, 9.17) is 0 Å². The van der Waals surface area contributed by atoms with Crippen molar-refractivity contribution in [2.24, 2.45) is 4.36 Å². The first-order chi connectivity index (χ1) is 16.3. The molecule has 0 saturated heterocycles. The van der Waals surface area contributed by atoms with Crippen LogP contribution >= 0.6 is 0 Å². The minimum atomic E-state index is -2.34. The molecule has 2 aromatic heterocycles. The Labute approximate surface area is 199 Å². The summed E-state index contributed by atoms with van der Waals surface area (Å²) in [6, 6.07) is 12.2. The molecule has 5 rings (SSSR count). The number of nitrogens with one attached hydrogen (secondary N) is 2. The van der Waals surface area contributed by atoms with Crippen LogP contribution in [0.25, 0.3) is 0 Å². The fourth-order valence-electron chi connectivity index (χ4n) is 4.71. The van der Waals surface area contributed by atoms with Gasteiger partial charge in [-0.1, -0.05) is 6.07 Å². The van der Waals surface area contributed by atoms with Gasteiger partial charge in [0.05, 0.1) is 6.20 Å². The van der Waals surface area contributed by atoms with E-state index >= 15 is 0 Å². The molecule has 1 aromatic carbocycles. The lowest BCUT2D eigenvalue weighted by molar-refractivity contribution is 0.245. The predicted octanol–water partition coefficient (Wildman–Crippen LogP) is 4.41. The molecule has 0 saturated carbocycles. The zero-order valence-electron chi connectivity index (χ0n) is 19.4. The third-order valence-electron chi connectivity index (χ3n) is 6.02. The van der Waals surface area contributed by atoms with Gasteiger partial charge in [-0.3, -0.25) is 4.90 Å². The van der Waals surface area contributed by atoms with Crippen molar-refractivity contribution in [3.63, 3.8) is 0 Å². The summed E-state index contributed by atoms with van der Waals surface area (Å²) < 4.78 is 16.1. The molecule has 34 heavy (non-hydrogen) atoms. The Morgan fingerprint density at radius 3 is 2.82 bits per heavy atom. The molecule has 0 amide bonds. The zero-order valence-corrected chi connectivity index (χ0v) is 20.2. The van der Waals surface area contributed by atoms with Crippen LogP contribution in [0.5, 0.6) is 0 Å². The standard InChI is InChI=1S/C24H26N8OS/c1-32-14-16-11-18(10-15-6-4-7-19(32)22(15)16)27-24-26-13-17(12-25)23(30-24)29-20-8-5-9-21(28-20)31-34(2,3)33/h5,8-11,13,19H,4,6-7,14H2,1-3H3,(H2,26,27,28,29,30). The lowest BCUT2D eigenvalue weighted by atomic mass is 9.86. The fraction of sp³-hybridized carbons (Fsp3) is 0.333. The largest absolute Gasteiger partial charge is 0.324 e. The lowest BCUT2D eigenvalue weighted by Crippen LogP contribution is -2.19. The highest BCUT2D eigenvalue weighted by Gasteiger charge is 2.32. The Morgan fingerprint density at radius 1 is 1.21 bits per heavy atom. The van der Waals surface area contributed by atoms with E-state index in [0.29, 0.717) is 29.4 Å². The van der Waals surface area contributed by atoms with Crippen LogP contribution in [0.1, 0.15) is 41.1 Å². The first kappa shape index (κ1) is 22.3. The molecule has 1 aliphatic carbocycles. The molecule has 1 unspecified atom stereocenters. The monoisotopic (exact) mass is 474 g/mol. The molecule has 1 atom stereocenters. The minimum absolute atomic E-state index is 0.290. The topological polar surface area (TPSA) is 119 Å². The lowest BCUT2D eigenvalue weighted by Gasteiger charge is -2.26. The second kappa shape index (κ2) is 8.66. The van der Waals surface area contributed by atoms with Crippen molar-refractivity contribution >= 4 is 38.8 Å². The van der Waals surface area contributed by atoms with E-state index in [9.17, 15) is 9.47 Å². The van der Waals surface area contributed by atoms with Crippen LogP contribution in [-0.4, -0.2) is 43.6 Å². The molecule has 10 heteroatoms. The van der Waals surface area contributed by atoms with E-state index in [2.05, 4.69) is 60.1 Å². The summed E-state index contributed by atoms with van der Waals surface area (Å²) in [5.41, 5.74) is 5.47. The number of nitriles is 1. The normalized spacial score (nSPS) is 17.1. The number of anilines is 4. The molecule has 0 radical (unpaired) electrons. The molecule has 3 heterocycles. The van der Waals surface area contributed by atoms with Crippen LogP contribution in [0, 0.1) is 11.3 Å². The number of nitrogens with zero attached hydrogens (tertiary/aromatic N) is 6. The molecule has 1 aliphatic heterocycles. The van der Waals surface area contributed by atoms with Gasteiger partial charge in [-0.05, 0) is 67.3 Å². The molecular formula is C24H26N8OS. The Balaban J connectivity index is 1.43. The van der Waals surface area contributed by atoms with Crippen molar-refractivity contribution in [1.29, 1.82) is 5.26 Å². The van der Waals surface area contributed by atoms with Gasteiger partial charge in [0.15, 0.2) is 11.6 Å². The van der Waals surface area contributed by atoms with Crippen LogP contribution in [-0.2, 0) is 22.7 Å². The third kappa shape index (κ3) is 4.58. The molecule has 0 bridgehead atoms. The average Bonchev–Trinajstić information content (AvgIpc) is 3.10. The number of hydrogen-bond donors (Lipinski definition) is 2. The van der Waals surface area contributed by atoms with Crippen molar-refractivity contribution in [2.45, 2.75) is 31.8 Å². The van der Waals surface area contributed by atoms with Crippen LogP contribution in [0.2, 0.25) is 0 Å². The first-order valence-corrected chi connectivity index (χ1v) is 13.4. The predicted molar refractivity (Wildman–Crippen MR) is 133 cm³/mol. The summed E-state index contributed by atoms with van der Waals surface area (Å²) in [7, 11) is -0.156. The van der Waals surface area contributed by atoms with E-state index in [0.717, 1.165) is 18.7 Å². The SMILES string of the molecule is CN1Cc2cc(Nc3ncc(C#N)c(Nc4cccc(N=S(C)(C)=O)n4)n3)cc3c2C1CCC3. The Hall–Kier alpha value is -3.55. The van der Waals surface area contributed by atoms with Gasteiger partial charge >= 0.3 is 0 Å². The summed E-state index contributed by atoms with van der Waals surface area (Å²) in [6.45, 7) is 0.943. The van der Waals surface area contributed by atoms with Crippen LogP contribution < -0.4 is 10.6 Å². The average molecular weight is 475 g/mol. The number of rotatable bonds is 5. The maximum atomic E-state index is 12.0. The fourth-order valence-corrected chi connectivity index (χ4v) is 5.26. The van der Waals surface area contributed by atoms with Gasteiger partial charge in [0.25, 0.3) is 0 Å². The van der Waals surface area contributed by atoms with Gasteiger partial charge in [0, 0.05) is 40.5 Å². The van der Waals surface area contributed by atoms with Crippen molar-refractivity contribution in [2.75, 3.05) is 30.2 Å². The van der Waals surface area contributed by atoms with Gasteiger partial charge in [0.2, 0.25) is 5.95 Å². The molecule has 0 spiro atoms. The van der Waals surface area contributed by atoms with E-state index in [1.54, 1.807) is 30.7 Å². The highest BCUT2D eigenvalue weighted by atomic mass is 32.2. The van der Waals surface area contributed by atoms with Crippen molar-refractivity contribution in [3.05, 3.63) is 58.8 Å². The maximum absolute atomic E-state index is 12.0. The minimum Gasteiger partial charge on any atom is -0.324 e. The van der Waals surface area contributed by atoms with E-state index in [1.165, 1.54) is 35.7 Å². The number of benzene rings is 1. The smallest absolute Gasteiger partial charge is 0.229 e. The van der Waals surface area contributed by atoms with E-state index in [-0.39, 0.29) is 5.56 Å². The summed E-state index contributed by atoms with van der Waals surface area (Å²) in [6.07, 6.45) is 8.07. The number of aryl methyl sites for hydroxylation is 1. The van der Waals surface area contributed by atoms with Gasteiger partial charge < -0.3 is 10.6 Å². The Kier molecular flexibility index (Phi) is 5.67. The molecular weight excluding hydrogens is 448 g/mol. The number of aromatic nitrogens is 3. The van der Waals surface area contributed by atoms with Crippen LogP contribution in [0.4, 0.5) is 29.1 Å². The third-order valence-corrected chi connectivity index (χ3v) is 6.65. The van der Waals surface area contributed by atoms with Crippen molar-refractivity contribution < 1.29 is 4.21 Å². The summed E-state index contributed by atoms with van der Waals surface area (Å²) >= 11 is 0. The number of hydrogen-bond acceptors (Lipinski definition) is 9. The van der Waals surface area contributed by atoms with Gasteiger partial charge in [-0.15, -0.1) is 0 Å². The molecule has 2 aliphatic rings. The summed E-state index contributed by atoms with van der Waals surface area (Å²) in [4.78, 5) is 15.7. The Morgan fingerprint density at radius 2 is 2.03 bits per heavy atom. The second-order valence-electron chi connectivity index (χ2n) is 9.00. The van der Waals surface area contributed by atoms with Gasteiger partial charge in [0.1, 0.15) is 17.5 Å². The molecule has 0 fully saturated rings. The molecule has 9 nitrogen and oxygen atoms in total. The van der Waals surface area contributed by atoms with Gasteiger partial charge in [-0.2, -0.15) is 14.6 Å². The van der Waals surface area contributed by atoms with Crippen molar-refractivity contribution in [1.82, 2.24) is 19.9 Å².